The van der Waals surface area contributed by atoms with E-state index in [1.807, 2.05) is 12.1 Å². The fourth-order valence-corrected chi connectivity index (χ4v) is 3.77. The maximum Gasteiger partial charge on any atom is 0.363 e. The van der Waals surface area contributed by atoms with Crippen LogP contribution in [0.25, 0.3) is 6.08 Å². The topological polar surface area (TPSA) is 57.1 Å². The zero-order chi connectivity index (χ0) is 22.7. The van der Waals surface area contributed by atoms with Crippen LogP contribution in [0.1, 0.15) is 16.7 Å². The molecule has 0 aliphatic carbocycles. The van der Waals surface area contributed by atoms with Crippen LogP contribution in [-0.2, 0) is 16.1 Å². The number of carbonyl (C=O) groups is 1. The summed E-state index contributed by atoms with van der Waals surface area (Å²) in [7, 11) is 1.51. The van der Waals surface area contributed by atoms with Gasteiger partial charge in [0.2, 0.25) is 5.90 Å². The van der Waals surface area contributed by atoms with E-state index in [9.17, 15) is 4.79 Å². The van der Waals surface area contributed by atoms with Crippen molar-refractivity contribution in [2.24, 2.45) is 4.99 Å². The largest absolute Gasteiger partial charge is 0.493 e. The summed E-state index contributed by atoms with van der Waals surface area (Å²) < 4.78 is 16.6. The molecule has 1 aliphatic heterocycles. The Morgan fingerprint density at radius 1 is 1.00 bits per heavy atom. The number of hydrogen-bond donors (Lipinski definition) is 0. The first-order chi connectivity index (χ1) is 15.4. The molecule has 8 heteroatoms. The summed E-state index contributed by atoms with van der Waals surface area (Å²) in [6, 6.07) is 17.7. The van der Waals surface area contributed by atoms with Gasteiger partial charge in [-0.3, -0.25) is 0 Å². The zero-order valence-corrected chi connectivity index (χ0v) is 19.0. The lowest BCUT2D eigenvalue weighted by atomic mass is 10.1. The van der Waals surface area contributed by atoms with Crippen LogP contribution in [0.3, 0.4) is 0 Å². The van der Waals surface area contributed by atoms with Crippen molar-refractivity contribution in [2.75, 3.05) is 7.11 Å². The molecule has 0 N–H and O–H groups in total. The van der Waals surface area contributed by atoms with E-state index < -0.39 is 5.97 Å². The Morgan fingerprint density at radius 2 is 1.81 bits per heavy atom. The number of methoxy groups -OCH3 is 1. The molecule has 3 aromatic rings. The highest BCUT2D eigenvalue weighted by molar-refractivity contribution is 6.34. The molecule has 5 nitrogen and oxygen atoms in total. The van der Waals surface area contributed by atoms with Gasteiger partial charge in [0, 0.05) is 5.02 Å². The Morgan fingerprint density at radius 3 is 2.56 bits per heavy atom. The lowest BCUT2D eigenvalue weighted by Gasteiger charge is -2.13. The van der Waals surface area contributed by atoms with Gasteiger partial charge in [-0.2, -0.15) is 0 Å². The van der Waals surface area contributed by atoms with Crippen molar-refractivity contribution >= 4 is 52.7 Å². The molecule has 0 unspecified atom stereocenters. The summed E-state index contributed by atoms with van der Waals surface area (Å²) in [4.78, 5) is 16.6. The van der Waals surface area contributed by atoms with Crippen molar-refractivity contribution in [3.05, 3.63) is 98.1 Å². The third-order valence-electron chi connectivity index (χ3n) is 4.55. The molecule has 0 aromatic heterocycles. The maximum absolute atomic E-state index is 12.3. The first-order valence-electron chi connectivity index (χ1n) is 9.47. The van der Waals surface area contributed by atoms with E-state index in [1.165, 1.54) is 7.11 Å². The SMILES string of the molecule is COc1cc(/C=C2\N=C(c3ccccc3Cl)OC2=O)cc(Cl)c1OCc1cccc(Cl)c1. The van der Waals surface area contributed by atoms with Gasteiger partial charge in [-0.05, 0) is 53.6 Å². The molecule has 0 atom stereocenters. The van der Waals surface area contributed by atoms with Gasteiger partial charge < -0.3 is 14.2 Å². The number of hydrogen-bond acceptors (Lipinski definition) is 5. The van der Waals surface area contributed by atoms with E-state index in [2.05, 4.69) is 4.99 Å². The summed E-state index contributed by atoms with van der Waals surface area (Å²) in [5.74, 6) is 0.348. The van der Waals surface area contributed by atoms with Crippen LogP contribution in [-0.4, -0.2) is 19.0 Å². The van der Waals surface area contributed by atoms with Crippen molar-refractivity contribution in [3.8, 4) is 11.5 Å². The molecule has 3 aromatic carbocycles. The van der Waals surface area contributed by atoms with Crippen LogP contribution >= 0.6 is 34.8 Å². The number of ether oxygens (including phenoxy) is 3. The average molecular weight is 489 g/mol. The molecule has 0 saturated heterocycles. The second-order valence-corrected chi connectivity index (χ2v) is 8.02. The van der Waals surface area contributed by atoms with Gasteiger partial charge in [0.25, 0.3) is 0 Å². The third kappa shape index (κ3) is 4.91. The number of aliphatic imine (C=N–C) groups is 1. The summed E-state index contributed by atoms with van der Waals surface area (Å²) >= 11 is 18.6. The lowest BCUT2D eigenvalue weighted by molar-refractivity contribution is -0.129. The van der Waals surface area contributed by atoms with Gasteiger partial charge in [0.05, 0.1) is 22.7 Å². The molecular formula is C24H16Cl3NO4. The van der Waals surface area contributed by atoms with E-state index >= 15 is 0 Å². The Hall–Kier alpha value is -2.99. The monoisotopic (exact) mass is 487 g/mol. The van der Waals surface area contributed by atoms with E-state index in [0.29, 0.717) is 37.7 Å². The number of halogens is 3. The highest BCUT2D eigenvalue weighted by Crippen LogP contribution is 2.38. The summed E-state index contributed by atoms with van der Waals surface area (Å²) in [5.41, 5.74) is 2.13. The second-order valence-electron chi connectivity index (χ2n) is 6.77. The molecule has 0 amide bonds. The van der Waals surface area contributed by atoms with Gasteiger partial charge in [-0.15, -0.1) is 0 Å². The van der Waals surface area contributed by atoms with Crippen molar-refractivity contribution in [3.63, 3.8) is 0 Å². The van der Waals surface area contributed by atoms with Crippen LogP contribution in [0, 0.1) is 0 Å². The van der Waals surface area contributed by atoms with Gasteiger partial charge in [-0.1, -0.05) is 59.1 Å². The fourth-order valence-electron chi connectivity index (χ4n) is 3.06. The van der Waals surface area contributed by atoms with Crippen LogP contribution < -0.4 is 9.47 Å². The third-order valence-corrected chi connectivity index (χ3v) is 5.40. The molecule has 0 saturated carbocycles. The van der Waals surface area contributed by atoms with E-state index in [4.69, 9.17) is 49.0 Å². The van der Waals surface area contributed by atoms with Crippen molar-refractivity contribution < 1.29 is 19.0 Å². The number of carbonyl (C=O) groups excluding carboxylic acids is 1. The molecule has 32 heavy (non-hydrogen) atoms. The van der Waals surface area contributed by atoms with Crippen LogP contribution in [0.2, 0.25) is 15.1 Å². The molecular weight excluding hydrogens is 473 g/mol. The number of esters is 1. The molecule has 0 radical (unpaired) electrons. The minimum atomic E-state index is -0.587. The molecule has 0 bridgehead atoms. The van der Waals surface area contributed by atoms with Gasteiger partial charge >= 0.3 is 5.97 Å². The van der Waals surface area contributed by atoms with Crippen LogP contribution in [0.15, 0.2) is 71.4 Å². The summed E-state index contributed by atoms with van der Waals surface area (Å²) in [6.07, 6.45) is 1.56. The van der Waals surface area contributed by atoms with Crippen LogP contribution in [0.5, 0.6) is 11.5 Å². The Labute approximate surface area is 199 Å². The predicted octanol–water partition coefficient (Wildman–Crippen LogP) is 6.58. The number of rotatable bonds is 6. The molecule has 1 aliphatic rings. The Bertz CT molecular complexity index is 1250. The number of cyclic esters (lactones) is 1. The first-order valence-corrected chi connectivity index (χ1v) is 10.6. The fraction of sp³-hybridized carbons (Fsp3) is 0.0833. The molecule has 162 valence electrons. The highest BCUT2D eigenvalue weighted by atomic mass is 35.5. The number of benzene rings is 3. The summed E-state index contributed by atoms with van der Waals surface area (Å²) in [6.45, 7) is 0.259. The van der Waals surface area contributed by atoms with Gasteiger partial charge in [-0.25, -0.2) is 9.79 Å². The predicted molar refractivity (Wildman–Crippen MR) is 126 cm³/mol. The van der Waals surface area contributed by atoms with E-state index in [0.717, 1.165) is 5.56 Å². The summed E-state index contributed by atoms with van der Waals surface area (Å²) in [5, 5.41) is 1.37. The van der Waals surface area contributed by atoms with Crippen molar-refractivity contribution in [1.82, 2.24) is 0 Å². The Balaban J connectivity index is 1.60. The first kappa shape index (κ1) is 22.2. The second kappa shape index (κ2) is 9.65. The van der Waals surface area contributed by atoms with Crippen LogP contribution in [0.4, 0.5) is 0 Å². The average Bonchev–Trinajstić information content (AvgIpc) is 3.13. The normalized spacial score (nSPS) is 14.3. The quantitative estimate of drug-likeness (QED) is 0.290. The molecule has 1 heterocycles. The number of nitrogens with zero attached hydrogens (tertiary/aromatic N) is 1. The van der Waals surface area contributed by atoms with Gasteiger partial charge in [0.1, 0.15) is 6.61 Å². The van der Waals surface area contributed by atoms with Gasteiger partial charge in [0.15, 0.2) is 17.2 Å². The molecule has 4 rings (SSSR count). The molecule has 0 spiro atoms. The molecule has 0 fully saturated rings. The van der Waals surface area contributed by atoms with E-state index in [1.54, 1.807) is 54.6 Å². The minimum Gasteiger partial charge on any atom is -0.493 e. The van der Waals surface area contributed by atoms with Crippen molar-refractivity contribution in [2.45, 2.75) is 6.61 Å². The highest BCUT2D eigenvalue weighted by Gasteiger charge is 2.25. The lowest BCUT2D eigenvalue weighted by Crippen LogP contribution is -2.05. The zero-order valence-electron chi connectivity index (χ0n) is 16.8. The standard InChI is InChI=1S/C24H16Cl3NO4/c1-30-21-12-15(10-19(27)22(21)31-13-14-5-4-6-16(25)9-14)11-20-24(29)32-23(28-20)17-7-2-3-8-18(17)26/h2-12H,13H2,1H3/b20-11-. The van der Waals surface area contributed by atoms with Crippen molar-refractivity contribution in [1.29, 1.82) is 0 Å². The van der Waals surface area contributed by atoms with E-state index in [-0.39, 0.29) is 18.2 Å². The minimum absolute atomic E-state index is 0.116. The maximum atomic E-state index is 12.3. The Kier molecular flexibility index (Phi) is 6.70. The smallest absolute Gasteiger partial charge is 0.363 e.